The van der Waals surface area contributed by atoms with Crippen molar-refractivity contribution in [3.63, 3.8) is 0 Å². The van der Waals surface area contributed by atoms with Crippen LogP contribution in [0.4, 0.5) is 4.39 Å². The van der Waals surface area contributed by atoms with Gasteiger partial charge in [-0.25, -0.2) is 4.39 Å². The van der Waals surface area contributed by atoms with Crippen molar-refractivity contribution in [1.29, 1.82) is 0 Å². The summed E-state index contributed by atoms with van der Waals surface area (Å²) in [5.41, 5.74) is 1.06. The smallest absolute Gasteiger partial charge is 0.194 e. The molecule has 0 unspecified atom stereocenters. The molecule has 0 amide bonds. The Morgan fingerprint density at radius 1 is 1.20 bits per heavy atom. The van der Waals surface area contributed by atoms with E-state index in [2.05, 4.69) is 0 Å². The minimum atomic E-state index is -0.473. The third-order valence-electron chi connectivity index (χ3n) is 3.14. The number of halogens is 1. The normalized spacial score (nSPS) is 10.7. The third-order valence-corrected chi connectivity index (χ3v) is 4.10. The molecule has 1 heterocycles. The molecule has 0 aliphatic rings. The van der Waals surface area contributed by atoms with Crippen LogP contribution in [0.2, 0.25) is 0 Å². The molecule has 0 fully saturated rings. The van der Waals surface area contributed by atoms with Gasteiger partial charge in [-0.3, -0.25) is 4.79 Å². The number of rotatable bonds is 3. The predicted molar refractivity (Wildman–Crippen MR) is 78.2 cm³/mol. The van der Waals surface area contributed by atoms with Gasteiger partial charge in [0.2, 0.25) is 0 Å². The summed E-state index contributed by atoms with van der Waals surface area (Å²) in [6.45, 7) is 0. The summed E-state index contributed by atoms with van der Waals surface area (Å²) in [4.78, 5) is 12.5. The van der Waals surface area contributed by atoms with Gasteiger partial charge in [-0.15, -0.1) is 11.3 Å². The van der Waals surface area contributed by atoms with Crippen molar-refractivity contribution in [2.75, 3.05) is 7.11 Å². The van der Waals surface area contributed by atoms with E-state index in [0.717, 1.165) is 10.1 Å². The van der Waals surface area contributed by atoms with Gasteiger partial charge in [-0.1, -0.05) is 18.2 Å². The molecule has 0 spiro atoms. The van der Waals surface area contributed by atoms with Gasteiger partial charge >= 0.3 is 0 Å². The highest BCUT2D eigenvalue weighted by Gasteiger charge is 2.16. The first-order chi connectivity index (χ1) is 9.70. The molecule has 2 aromatic carbocycles. The number of benzene rings is 2. The molecule has 1 aromatic heterocycles. The molecule has 3 rings (SSSR count). The third kappa shape index (κ3) is 2.08. The molecule has 0 saturated carbocycles. The highest BCUT2D eigenvalue weighted by Crippen LogP contribution is 2.28. The number of ether oxygens (including phenoxy) is 1. The first-order valence-electron chi connectivity index (χ1n) is 6.05. The van der Waals surface area contributed by atoms with Crippen LogP contribution in [-0.2, 0) is 0 Å². The SMILES string of the molecule is COc1cc(C(=O)c2csc3ccccc23)ccc1F. The minimum absolute atomic E-state index is 0.0791. The van der Waals surface area contributed by atoms with E-state index in [9.17, 15) is 9.18 Å². The second kappa shape index (κ2) is 5.06. The molecule has 2 nitrogen and oxygen atoms in total. The molecule has 0 N–H and O–H groups in total. The molecule has 20 heavy (non-hydrogen) atoms. The van der Waals surface area contributed by atoms with Crippen LogP contribution >= 0.6 is 11.3 Å². The number of methoxy groups -OCH3 is 1. The summed E-state index contributed by atoms with van der Waals surface area (Å²) in [7, 11) is 1.38. The van der Waals surface area contributed by atoms with Crippen molar-refractivity contribution in [2.24, 2.45) is 0 Å². The Bertz CT molecular complexity index is 792. The van der Waals surface area contributed by atoms with Gasteiger partial charge in [0.1, 0.15) is 0 Å². The molecule has 0 radical (unpaired) electrons. The Morgan fingerprint density at radius 3 is 2.80 bits per heavy atom. The van der Waals surface area contributed by atoms with Gasteiger partial charge < -0.3 is 4.74 Å². The first kappa shape index (κ1) is 12.8. The fourth-order valence-corrected chi connectivity index (χ4v) is 3.05. The van der Waals surface area contributed by atoms with E-state index in [0.29, 0.717) is 11.1 Å². The monoisotopic (exact) mass is 286 g/mol. The lowest BCUT2D eigenvalue weighted by Crippen LogP contribution is -2.01. The number of hydrogen-bond acceptors (Lipinski definition) is 3. The van der Waals surface area contributed by atoms with Crippen LogP contribution in [0.15, 0.2) is 47.8 Å². The second-order valence-corrected chi connectivity index (χ2v) is 5.24. The Morgan fingerprint density at radius 2 is 2.00 bits per heavy atom. The van der Waals surface area contributed by atoms with Crippen LogP contribution in [-0.4, -0.2) is 12.9 Å². The summed E-state index contributed by atoms with van der Waals surface area (Å²) in [6.07, 6.45) is 0. The molecular weight excluding hydrogens is 275 g/mol. The van der Waals surface area contributed by atoms with Gasteiger partial charge in [-0.2, -0.15) is 0 Å². The fraction of sp³-hybridized carbons (Fsp3) is 0.0625. The number of hydrogen-bond donors (Lipinski definition) is 0. The van der Waals surface area contributed by atoms with E-state index in [-0.39, 0.29) is 11.5 Å². The molecule has 0 bridgehead atoms. The number of thiophene rings is 1. The number of ketones is 1. The van der Waals surface area contributed by atoms with Crippen LogP contribution in [0.25, 0.3) is 10.1 Å². The van der Waals surface area contributed by atoms with E-state index in [1.165, 1.54) is 36.6 Å². The molecule has 100 valence electrons. The summed E-state index contributed by atoms with van der Waals surface area (Å²) in [6, 6.07) is 11.9. The Kier molecular flexibility index (Phi) is 3.24. The first-order valence-corrected chi connectivity index (χ1v) is 6.93. The van der Waals surface area contributed by atoms with Gasteiger partial charge in [0.15, 0.2) is 17.3 Å². The Hall–Kier alpha value is -2.20. The summed E-state index contributed by atoms with van der Waals surface area (Å²) >= 11 is 1.52. The van der Waals surface area contributed by atoms with Crippen molar-refractivity contribution in [3.8, 4) is 5.75 Å². The maximum Gasteiger partial charge on any atom is 0.194 e. The zero-order valence-corrected chi connectivity index (χ0v) is 11.5. The van der Waals surface area contributed by atoms with Crippen LogP contribution in [0, 0.1) is 5.82 Å². The minimum Gasteiger partial charge on any atom is -0.494 e. The quantitative estimate of drug-likeness (QED) is 0.672. The summed E-state index contributed by atoms with van der Waals surface area (Å²) < 4.78 is 19.4. The zero-order chi connectivity index (χ0) is 14.1. The van der Waals surface area contributed by atoms with Crippen molar-refractivity contribution in [1.82, 2.24) is 0 Å². The van der Waals surface area contributed by atoms with Gasteiger partial charge in [-0.05, 0) is 24.3 Å². The zero-order valence-electron chi connectivity index (χ0n) is 10.7. The average molecular weight is 286 g/mol. The van der Waals surface area contributed by atoms with E-state index in [1.807, 2.05) is 29.6 Å². The average Bonchev–Trinajstić information content (AvgIpc) is 2.91. The molecule has 3 aromatic rings. The topological polar surface area (TPSA) is 26.3 Å². The number of carbonyl (C=O) groups excluding carboxylic acids is 1. The van der Waals surface area contributed by atoms with E-state index in [1.54, 1.807) is 0 Å². The number of carbonyl (C=O) groups is 1. The fourth-order valence-electron chi connectivity index (χ4n) is 2.11. The van der Waals surface area contributed by atoms with Crippen LogP contribution in [0.5, 0.6) is 5.75 Å². The van der Waals surface area contributed by atoms with Crippen molar-refractivity contribution in [2.45, 2.75) is 0 Å². The summed E-state index contributed by atoms with van der Waals surface area (Å²) in [5, 5.41) is 2.76. The molecule has 0 aliphatic heterocycles. The van der Waals surface area contributed by atoms with Crippen molar-refractivity contribution in [3.05, 3.63) is 64.8 Å². The van der Waals surface area contributed by atoms with E-state index < -0.39 is 5.82 Å². The lowest BCUT2D eigenvalue weighted by atomic mass is 10.0. The highest BCUT2D eigenvalue weighted by atomic mass is 32.1. The van der Waals surface area contributed by atoms with Crippen molar-refractivity contribution >= 4 is 27.2 Å². The van der Waals surface area contributed by atoms with E-state index in [4.69, 9.17) is 4.74 Å². The standard InChI is InChI=1S/C16H11FO2S/c1-19-14-8-10(6-7-13(14)17)16(18)12-9-20-15-5-3-2-4-11(12)15/h2-9H,1H3. The van der Waals surface area contributed by atoms with Crippen LogP contribution in [0.3, 0.4) is 0 Å². The van der Waals surface area contributed by atoms with Crippen molar-refractivity contribution < 1.29 is 13.9 Å². The predicted octanol–water partition coefficient (Wildman–Crippen LogP) is 4.28. The van der Waals surface area contributed by atoms with Crippen LogP contribution in [0.1, 0.15) is 15.9 Å². The lowest BCUT2D eigenvalue weighted by molar-refractivity contribution is 0.104. The Labute approximate surface area is 119 Å². The van der Waals surface area contributed by atoms with Gasteiger partial charge in [0, 0.05) is 26.6 Å². The highest BCUT2D eigenvalue weighted by molar-refractivity contribution is 7.17. The maximum atomic E-state index is 13.4. The van der Waals surface area contributed by atoms with Gasteiger partial charge in [0.25, 0.3) is 0 Å². The molecule has 0 atom stereocenters. The largest absolute Gasteiger partial charge is 0.494 e. The second-order valence-electron chi connectivity index (χ2n) is 4.32. The molecule has 4 heteroatoms. The molecular formula is C16H11FO2S. The summed E-state index contributed by atoms with van der Waals surface area (Å²) in [5.74, 6) is -0.518. The lowest BCUT2D eigenvalue weighted by Gasteiger charge is -2.04. The Balaban J connectivity index is 2.08. The molecule has 0 saturated heterocycles. The van der Waals surface area contributed by atoms with E-state index >= 15 is 0 Å². The maximum absolute atomic E-state index is 13.4. The van der Waals surface area contributed by atoms with Crippen LogP contribution < -0.4 is 4.74 Å². The van der Waals surface area contributed by atoms with Gasteiger partial charge in [0.05, 0.1) is 7.11 Å². The number of fused-ring (bicyclic) bond motifs is 1. The molecule has 0 aliphatic carbocycles.